The number of anilines is 3. The first kappa shape index (κ1) is 32.8. The Morgan fingerprint density at radius 3 is 1.67 bits per heavy atom. The molecule has 0 aliphatic rings. The van der Waals surface area contributed by atoms with Crippen LogP contribution in [0, 0.1) is 0 Å². The Morgan fingerprint density at radius 2 is 0.862 bits per heavy atom. The van der Waals surface area contributed by atoms with E-state index in [9.17, 15) is 0 Å². The minimum atomic E-state index is 0.870. The van der Waals surface area contributed by atoms with Gasteiger partial charge in [-0.15, -0.1) is 11.3 Å². The topological polar surface area (TPSA) is 29.5 Å². The SMILES string of the molecule is c1ccc(-c2cccc3c2sc2c(N(c4ccc(-c5ccc(-c6cccc7oc8ccccc8c67)cc5)cc4)c4ccc5c(c4)oc4ccccc45)cccc23)cc1. The van der Waals surface area contributed by atoms with Crippen molar-refractivity contribution in [3.05, 3.63) is 200 Å². The van der Waals surface area contributed by atoms with Gasteiger partial charge < -0.3 is 13.7 Å². The highest BCUT2D eigenvalue weighted by Gasteiger charge is 2.21. The minimum absolute atomic E-state index is 0.870. The number of fused-ring (bicyclic) bond motifs is 9. The highest BCUT2D eigenvalue weighted by Crippen LogP contribution is 2.48. The summed E-state index contributed by atoms with van der Waals surface area (Å²) < 4.78 is 15.2. The molecule has 0 amide bonds. The van der Waals surface area contributed by atoms with E-state index in [1.54, 1.807) is 0 Å². The van der Waals surface area contributed by atoms with Crippen LogP contribution in [0.2, 0.25) is 0 Å². The number of para-hydroxylation sites is 2. The van der Waals surface area contributed by atoms with Crippen molar-refractivity contribution in [1.82, 2.24) is 0 Å². The van der Waals surface area contributed by atoms with E-state index < -0.39 is 0 Å². The van der Waals surface area contributed by atoms with Gasteiger partial charge in [0.25, 0.3) is 0 Å². The molecule has 0 aliphatic heterocycles. The lowest BCUT2D eigenvalue weighted by atomic mass is 9.97. The van der Waals surface area contributed by atoms with Crippen molar-refractivity contribution in [3.63, 3.8) is 0 Å². The van der Waals surface area contributed by atoms with Crippen LogP contribution >= 0.6 is 11.3 Å². The molecule has 0 atom stereocenters. The van der Waals surface area contributed by atoms with Crippen LogP contribution in [-0.2, 0) is 0 Å². The lowest BCUT2D eigenvalue weighted by molar-refractivity contribution is 0.668. The van der Waals surface area contributed by atoms with Gasteiger partial charge in [0.05, 0.1) is 10.4 Å². The van der Waals surface area contributed by atoms with Gasteiger partial charge in [0.1, 0.15) is 22.3 Å². The molecular weight excluding hydrogens is 727 g/mol. The maximum absolute atomic E-state index is 6.44. The van der Waals surface area contributed by atoms with Gasteiger partial charge in [0.15, 0.2) is 0 Å². The quantitative estimate of drug-likeness (QED) is 0.169. The number of furan rings is 2. The third kappa shape index (κ3) is 5.19. The molecule has 0 N–H and O–H groups in total. The van der Waals surface area contributed by atoms with Gasteiger partial charge in [-0.05, 0) is 81.9 Å². The molecule has 3 nitrogen and oxygen atoms in total. The van der Waals surface area contributed by atoms with Gasteiger partial charge >= 0.3 is 0 Å². The average Bonchev–Trinajstić information content (AvgIpc) is 3.99. The second-order valence-electron chi connectivity index (χ2n) is 14.8. The van der Waals surface area contributed by atoms with Crippen molar-refractivity contribution in [2.45, 2.75) is 0 Å². The van der Waals surface area contributed by atoms with E-state index in [4.69, 9.17) is 8.83 Å². The van der Waals surface area contributed by atoms with Crippen LogP contribution in [0.25, 0.3) is 97.4 Å². The number of nitrogens with zero attached hydrogens (tertiary/aromatic N) is 1. The van der Waals surface area contributed by atoms with Crippen LogP contribution in [0.15, 0.2) is 209 Å². The Morgan fingerprint density at radius 1 is 0.328 bits per heavy atom. The van der Waals surface area contributed by atoms with E-state index in [2.05, 4.69) is 181 Å². The van der Waals surface area contributed by atoms with Crippen molar-refractivity contribution in [2.24, 2.45) is 0 Å². The van der Waals surface area contributed by atoms with Crippen LogP contribution < -0.4 is 4.90 Å². The highest BCUT2D eigenvalue weighted by atomic mass is 32.1. The summed E-state index contributed by atoms with van der Waals surface area (Å²) in [6.07, 6.45) is 0. The van der Waals surface area contributed by atoms with Crippen molar-refractivity contribution in [3.8, 4) is 33.4 Å². The molecule has 3 heterocycles. The fraction of sp³-hybridized carbons (Fsp3) is 0. The highest BCUT2D eigenvalue weighted by molar-refractivity contribution is 7.27. The molecule has 0 fully saturated rings. The Hall–Kier alpha value is -7.40. The van der Waals surface area contributed by atoms with Gasteiger partial charge in [0, 0.05) is 54.5 Å². The van der Waals surface area contributed by atoms with E-state index in [-0.39, 0.29) is 0 Å². The fourth-order valence-corrected chi connectivity index (χ4v) is 10.1. The van der Waals surface area contributed by atoms with Gasteiger partial charge in [-0.25, -0.2) is 0 Å². The van der Waals surface area contributed by atoms with Crippen molar-refractivity contribution < 1.29 is 8.83 Å². The summed E-state index contributed by atoms with van der Waals surface area (Å²) in [5, 5.41) is 7.05. The molecule has 0 radical (unpaired) electrons. The zero-order valence-corrected chi connectivity index (χ0v) is 32.0. The zero-order valence-electron chi connectivity index (χ0n) is 31.2. The van der Waals surface area contributed by atoms with Gasteiger partial charge in [-0.3, -0.25) is 0 Å². The molecule has 9 aromatic carbocycles. The predicted octanol–water partition coefficient (Wildman–Crippen LogP) is 16.3. The zero-order chi connectivity index (χ0) is 38.2. The molecule has 12 aromatic rings. The molecule has 0 unspecified atom stereocenters. The minimum Gasteiger partial charge on any atom is -0.456 e. The Bertz CT molecular complexity index is 3500. The summed E-state index contributed by atoms with van der Waals surface area (Å²) in [5.41, 5.74) is 14.0. The smallest absolute Gasteiger partial charge is 0.137 e. The van der Waals surface area contributed by atoms with E-state index in [1.807, 2.05) is 35.6 Å². The summed E-state index contributed by atoms with van der Waals surface area (Å²) in [4.78, 5) is 2.38. The summed E-state index contributed by atoms with van der Waals surface area (Å²) in [6.45, 7) is 0. The van der Waals surface area contributed by atoms with Crippen molar-refractivity contribution >= 4 is 92.4 Å². The van der Waals surface area contributed by atoms with Crippen LogP contribution in [0.4, 0.5) is 17.1 Å². The van der Waals surface area contributed by atoms with Crippen LogP contribution in [-0.4, -0.2) is 0 Å². The summed E-state index contributed by atoms with van der Waals surface area (Å²) in [6, 6.07) is 71.4. The first-order chi connectivity index (χ1) is 28.7. The Labute approximate surface area is 338 Å². The van der Waals surface area contributed by atoms with Crippen molar-refractivity contribution in [2.75, 3.05) is 4.90 Å². The first-order valence-corrected chi connectivity index (χ1v) is 20.4. The fourth-order valence-electron chi connectivity index (χ4n) is 8.77. The third-order valence-electron chi connectivity index (χ3n) is 11.5. The van der Waals surface area contributed by atoms with E-state index in [0.29, 0.717) is 0 Å². The molecule has 3 aromatic heterocycles. The van der Waals surface area contributed by atoms with E-state index >= 15 is 0 Å². The second kappa shape index (κ2) is 13.1. The van der Waals surface area contributed by atoms with E-state index in [1.165, 1.54) is 36.9 Å². The average molecular weight is 760 g/mol. The van der Waals surface area contributed by atoms with Crippen LogP contribution in [0.3, 0.4) is 0 Å². The van der Waals surface area contributed by atoms with Crippen molar-refractivity contribution in [1.29, 1.82) is 0 Å². The van der Waals surface area contributed by atoms with Gasteiger partial charge in [-0.2, -0.15) is 0 Å². The van der Waals surface area contributed by atoms with Crippen LogP contribution in [0.1, 0.15) is 0 Å². The molecule has 4 heteroatoms. The number of benzene rings is 9. The molecule has 58 heavy (non-hydrogen) atoms. The normalized spacial score (nSPS) is 11.8. The molecule has 0 spiro atoms. The predicted molar refractivity (Wildman–Crippen MR) is 245 cm³/mol. The second-order valence-corrected chi connectivity index (χ2v) is 15.8. The Balaban J connectivity index is 0.978. The molecule has 12 rings (SSSR count). The summed E-state index contributed by atoms with van der Waals surface area (Å²) in [7, 11) is 0. The molecule has 0 saturated heterocycles. The maximum Gasteiger partial charge on any atom is 0.137 e. The maximum atomic E-state index is 6.44. The summed E-state index contributed by atoms with van der Waals surface area (Å²) >= 11 is 1.86. The first-order valence-electron chi connectivity index (χ1n) is 19.6. The number of rotatable bonds is 6. The lowest BCUT2D eigenvalue weighted by Crippen LogP contribution is -2.10. The number of thiophene rings is 1. The van der Waals surface area contributed by atoms with Gasteiger partial charge in [-0.1, -0.05) is 146 Å². The monoisotopic (exact) mass is 759 g/mol. The molecule has 272 valence electrons. The van der Waals surface area contributed by atoms with Crippen LogP contribution in [0.5, 0.6) is 0 Å². The largest absolute Gasteiger partial charge is 0.456 e. The third-order valence-corrected chi connectivity index (χ3v) is 12.8. The molecule has 0 saturated carbocycles. The van der Waals surface area contributed by atoms with Gasteiger partial charge in [0.2, 0.25) is 0 Å². The lowest BCUT2D eigenvalue weighted by Gasteiger charge is -2.26. The van der Waals surface area contributed by atoms with E-state index in [0.717, 1.165) is 77.6 Å². The molecular formula is C54H33NO2S. The molecule has 0 aliphatic carbocycles. The summed E-state index contributed by atoms with van der Waals surface area (Å²) in [5.74, 6) is 0. The molecule has 0 bridgehead atoms. The number of hydrogen-bond donors (Lipinski definition) is 0. The standard InChI is InChI=1S/C54H33NO2S/c1-2-11-36(12-3-1)41-16-8-17-44-45-18-9-19-47(54(45)58-53(41)44)55(39-31-32-43-42-13-4-6-20-48(42)57-51(43)33-39)38-29-27-35(28-30-38)34-23-25-37(26-24-34)40-15-10-22-50-52(40)46-14-5-7-21-49(46)56-50/h1-33H. The number of hydrogen-bond acceptors (Lipinski definition) is 4. The Kier molecular flexibility index (Phi) is 7.40.